The number of hydrogen-bond donors (Lipinski definition) is 1. The van der Waals surface area contributed by atoms with Crippen LogP contribution in [0.3, 0.4) is 0 Å². The van der Waals surface area contributed by atoms with Crippen LogP contribution in [0.5, 0.6) is 11.5 Å². The molecule has 1 saturated heterocycles. The molecule has 7 heteroatoms. The quantitative estimate of drug-likeness (QED) is 0.494. The largest absolute Gasteiger partial charge is 0.497 e. The highest BCUT2D eigenvalue weighted by Crippen LogP contribution is 2.65. The van der Waals surface area contributed by atoms with Crippen molar-refractivity contribution in [1.82, 2.24) is 4.90 Å². The maximum absolute atomic E-state index is 13.7. The van der Waals surface area contributed by atoms with Crippen molar-refractivity contribution in [2.75, 3.05) is 19.5 Å². The Morgan fingerprint density at radius 3 is 2.23 bits per heavy atom. The van der Waals surface area contributed by atoms with Crippen molar-refractivity contribution in [3.8, 4) is 11.5 Å². The Morgan fingerprint density at radius 2 is 1.63 bits per heavy atom. The number of methoxy groups -OCH3 is 2. The van der Waals surface area contributed by atoms with Crippen LogP contribution in [0.1, 0.15) is 12.0 Å². The van der Waals surface area contributed by atoms with Gasteiger partial charge in [0.15, 0.2) is 0 Å². The lowest BCUT2D eigenvalue weighted by atomic mass is 9.63. The highest BCUT2D eigenvalue weighted by Gasteiger charge is 2.67. The van der Waals surface area contributed by atoms with Crippen molar-refractivity contribution < 1.29 is 23.9 Å². The van der Waals surface area contributed by atoms with Crippen molar-refractivity contribution in [2.45, 2.75) is 18.9 Å². The fraction of sp³-hybridized carbons (Fsp3) is 0.393. The number of nitrogens with one attached hydrogen (secondary N) is 1. The monoisotopic (exact) mass is 472 g/mol. The molecule has 4 aliphatic carbocycles. The summed E-state index contributed by atoms with van der Waals surface area (Å²) in [5.74, 6) is 0.749. The zero-order valence-electron chi connectivity index (χ0n) is 19.7. The van der Waals surface area contributed by atoms with E-state index in [1.54, 1.807) is 25.3 Å². The minimum Gasteiger partial charge on any atom is -0.497 e. The number of carbonyl (C=O) groups excluding carboxylic acids is 3. The zero-order valence-corrected chi connectivity index (χ0v) is 19.7. The van der Waals surface area contributed by atoms with Crippen LogP contribution in [0.15, 0.2) is 60.7 Å². The highest BCUT2D eigenvalue weighted by molar-refractivity contribution is 6.11. The molecule has 2 aromatic carbocycles. The minimum atomic E-state index is -0.953. The number of rotatable bonds is 7. The average Bonchev–Trinajstić information content (AvgIpc) is 3.67. The Hall–Kier alpha value is -3.61. The lowest BCUT2D eigenvalue weighted by Gasteiger charge is -2.37. The summed E-state index contributed by atoms with van der Waals surface area (Å²) >= 11 is 0. The third-order valence-corrected chi connectivity index (χ3v) is 8.25. The summed E-state index contributed by atoms with van der Waals surface area (Å²) in [6, 6.07) is 13.6. The first-order valence-electron chi connectivity index (χ1n) is 12.1. The first-order chi connectivity index (χ1) is 17.0. The van der Waals surface area contributed by atoms with Crippen LogP contribution in [-0.4, -0.2) is 42.9 Å². The number of amides is 3. The van der Waals surface area contributed by atoms with Crippen molar-refractivity contribution in [2.24, 2.45) is 35.5 Å². The summed E-state index contributed by atoms with van der Waals surface area (Å²) in [5, 5.41) is 2.91. The summed E-state index contributed by atoms with van der Waals surface area (Å²) in [4.78, 5) is 42.5. The van der Waals surface area contributed by atoms with Gasteiger partial charge in [-0.2, -0.15) is 0 Å². The van der Waals surface area contributed by atoms with Gasteiger partial charge in [0.2, 0.25) is 17.7 Å². The second-order valence-corrected chi connectivity index (χ2v) is 9.96. The third-order valence-electron chi connectivity index (χ3n) is 8.25. The molecule has 0 spiro atoms. The highest BCUT2D eigenvalue weighted by atomic mass is 16.5. The first kappa shape index (κ1) is 21.9. The second kappa shape index (κ2) is 8.26. The number of anilines is 1. The van der Waals surface area contributed by atoms with Gasteiger partial charge in [0.05, 0.1) is 31.7 Å². The molecular weight excluding hydrogens is 444 g/mol. The fourth-order valence-corrected chi connectivity index (χ4v) is 6.54. The molecule has 2 bridgehead atoms. The first-order valence-corrected chi connectivity index (χ1v) is 12.1. The van der Waals surface area contributed by atoms with Crippen LogP contribution >= 0.6 is 0 Å². The van der Waals surface area contributed by atoms with Gasteiger partial charge in [0.25, 0.3) is 0 Å². The molecule has 1 aliphatic heterocycles. The number of carbonyl (C=O) groups is 3. The number of nitrogens with zero attached hydrogens (tertiary/aromatic N) is 1. The van der Waals surface area contributed by atoms with Crippen LogP contribution in [-0.2, 0) is 20.8 Å². The fourth-order valence-electron chi connectivity index (χ4n) is 6.54. The summed E-state index contributed by atoms with van der Waals surface area (Å²) in [6.07, 6.45) is 5.63. The van der Waals surface area contributed by atoms with Crippen LogP contribution in [0.4, 0.5) is 5.69 Å². The van der Waals surface area contributed by atoms with E-state index in [-0.39, 0.29) is 41.9 Å². The predicted molar refractivity (Wildman–Crippen MR) is 129 cm³/mol. The number of allylic oxidation sites excluding steroid dienone is 2. The molecule has 180 valence electrons. The molecular formula is C28H28N2O5. The molecule has 3 amide bonds. The van der Waals surface area contributed by atoms with E-state index < -0.39 is 11.9 Å². The van der Waals surface area contributed by atoms with Gasteiger partial charge in [-0.1, -0.05) is 42.5 Å². The van der Waals surface area contributed by atoms with E-state index in [0.717, 1.165) is 12.0 Å². The molecule has 7 nitrogen and oxygen atoms in total. The number of likely N-dealkylation sites (tertiary alicyclic amines) is 1. The Morgan fingerprint density at radius 1 is 0.971 bits per heavy atom. The standard InChI is InChI=1S/C28H28N2O5/c1-34-16-8-11-21(23(13-16)35-2)29-26(31)22(12-15-6-4-3-5-7-15)30-27(32)24-17-9-10-18(20-14-19(17)20)25(24)28(30)33/h3-11,13,17-20,22,24-25H,12,14H2,1-2H3,(H,29,31)/t17-,18-,19-,20-,22+,24-,25+/m1/s1. The third kappa shape index (κ3) is 3.44. The van der Waals surface area contributed by atoms with Gasteiger partial charge >= 0.3 is 0 Å². The molecule has 1 heterocycles. The van der Waals surface area contributed by atoms with Crippen LogP contribution < -0.4 is 14.8 Å². The Bertz CT molecular complexity index is 1190. The Kier molecular flexibility index (Phi) is 5.16. The maximum atomic E-state index is 13.7. The average molecular weight is 473 g/mol. The molecule has 35 heavy (non-hydrogen) atoms. The molecule has 0 unspecified atom stereocenters. The second-order valence-electron chi connectivity index (χ2n) is 9.96. The molecule has 0 aromatic heterocycles. The number of ether oxygens (including phenoxy) is 2. The summed E-state index contributed by atoms with van der Waals surface area (Å²) in [7, 11) is 3.07. The van der Waals surface area contributed by atoms with Crippen molar-refractivity contribution in [3.05, 3.63) is 66.2 Å². The van der Waals surface area contributed by atoms with E-state index in [1.165, 1.54) is 12.0 Å². The maximum Gasteiger partial charge on any atom is 0.248 e. The molecule has 2 saturated carbocycles. The molecule has 3 fully saturated rings. The lowest BCUT2D eigenvalue weighted by Crippen LogP contribution is -2.49. The predicted octanol–water partition coefficient (Wildman–Crippen LogP) is 3.31. The van der Waals surface area contributed by atoms with Gasteiger partial charge in [-0.15, -0.1) is 0 Å². The summed E-state index contributed by atoms with van der Waals surface area (Å²) in [5.41, 5.74) is 1.34. The zero-order chi connectivity index (χ0) is 24.3. The van der Waals surface area contributed by atoms with Crippen LogP contribution in [0.25, 0.3) is 0 Å². The van der Waals surface area contributed by atoms with Gasteiger partial charge in [0, 0.05) is 12.5 Å². The van der Waals surface area contributed by atoms with Gasteiger partial charge in [0.1, 0.15) is 17.5 Å². The van der Waals surface area contributed by atoms with Crippen molar-refractivity contribution in [3.63, 3.8) is 0 Å². The van der Waals surface area contributed by atoms with E-state index in [2.05, 4.69) is 17.5 Å². The van der Waals surface area contributed by atoms with Crippen molar-refractivity contribution >= 4 is 23.4 Å². The van der Waals surface area contributed by atoms with Crippen LogP contribution in [0.2, 0.25) is 0 Å². The van der Waals surface area contributed by atoms with Gasteiger partial charge in [-0.25, -0.2) is 0 Å². The van der Waals surface area contributed by atoms with Crippen molar-refractivity contribution in [1.29, 1.82) is 0 Å². The molecule has 2 aromatic rings. The van der Waals surface area contributed by atoms with E-state index in [1.807, 2.05) is 30.3 Å². The number of imide groups is 1. The Labute approximate surface area is 204 Å². The summed E-state index contributed by atoms with van der Waals surface area (Å²) < 4.78 is 10.7. The Balaban J connectivity index is 1.33. The van der Waals surface area contributed by atoms with E-state index in [4.69, 9.17) is 9.47 Å². The molecule has 7 rings (SSSR count). The van der Waals surface area contributed by atoms with Crippen LogP contribution in [0, 0.1) is 35.5 Å². The van der Waals surface area contributed by atoms with Gasteiger partial charge < -0.3 is 14.8 Å². The van der Waals surface area contributed by atoms with Gasteiger partial charge in [-0.3, -0.25) is 19.3 Å². The summed E-state index contributed by atoms with van der Waals surface area (Å²) in [6.45, 7) is 0. The molecule has 0 radical (unpaired) electrons. The van der Waals surface area contributed by atoms with E-state index in [9.17, 15) is 14.4 Å². The number of hydrogen-bond acceptors (Lipinski definition) is 5. The smallest absolute Gasteiger partial charge is 0.248 e. The normalized spacial score (nSPS) is 30.5. The molecule has 5 aliphatic rings. The number of benzene rings is 2. The van der Waals surface area contributed by atoms with Gasteiger partial charge in [-0.05, 0) is 47.8 Å². The molecule has 7 atom stereocenters. The van der Waals surface area contributed by atoms with E-state index in [0.29, 0.717) is 29.0 Å². The lowest BCUT2D eigenvalue weighted by molar-refractivity contribution is -0.146. The van der Waals surface area contributed by atoms with E-state index >= 15 is 0 Å². The topological polar surface area (TPSA) is 84.9 Å². The minimum absolute atomic E-state index is 0.110. The SMILES string of the molecule is COc1ccc(NC(=O)[C@H](Cc2ccccc2)N2C(=O)[C@@H]3[C@@H]4C=C[C@H]([C@H]5C[C@H]45)[C@@H]3C2=O)c(OC)c1. The molecule has 1 N–H and O–H groups in total.